The Labute approximate surface area is 216 Å². The Balaban J connectivity index is 1.25. The summed E-state index contributed by atoms with van der Waals surface area (Å²) in [5.74, 6) is -0.229. The highest BCUT2D eigenvalue weighted by Crippen LogP contribution is 2.28. The Morgan fingerprint density at radius 2 is 1.34 bits per heavy atom. The van der Waals surface area contributed by atoms with Gasteiger partial charge in [-0.05, 0) is 47.4 Å². The highest BCUT2D eigenvalue weighted by atomic mass is 35.5. The first-order valence-electron chi connectivity index (χ1n) is 11.9. The number of aliphatic hydroxyl groups is 1. The molecule has 0 radical (unpaired) electrons. The van der Waals surface area contributed by atoms with E-state index in [1.165, 1.54) is 0 Å². The summed E-state index contributed by atoms with van der Waals surface area (Å²) < 4.78 is 6.31. The highest BCUT2D eigenvalue weighted by Gasteiger charge is 2.27. The molecule has 1 amide bonds. The van der Waals surface area contributed by atoms with Gasteiger partial charge in [0, 0.05) is 49.4 Å². The van der Waals surface area contributed by atoms with Crippen LogP contribution in [0.1, 0.15) is 35.3 Å². The van der Waals surface area contributed by atoms with Gasteiger partial charge >= 0.3 is 0 Å². The minimum absolute atomic E-state index is 0.196. The average molecular weight is 513 g/mol. The number of amides is 1. The number of halogens is 2. The quantitative estimate of drug-likeness (QED) is 0.391. The van der Waals surface area contributed by atoms with Crippen molar-refractivity contribution in [3.63, 3.8) is 0 Å². The van der Waals surface area contributed by atoms with E-state index in [2.05, 4.69) is 4.90 Å². The predicted octanol–water partition coefficient (Wildman–Crippen LogP) is 5.37. The van der Waals surface area contributed by atoms with Crippen LogP contribution in [0.5, 0.6) is 0 Å². The van der Waals surface area contributed by atoms with Crippen LogP contribution < -0.4 is 0 Å². The van der Waals surface area contributed by atoms with Gasteiger partial charge in [-0.2, -0.15) is 0 Å². The van der Waals surface area contributed by atoms with Crippen molar-refractivity contribution in [2.75, 3.05) is 39.3 Å². The smallest absolute Gasteiger partial charge is 0.256 e. The second-order valence-corrected chi connectivity index (χ2v) is 9.56. The lowest BCUT2D eigenvalue weighted by Crippen LogP contribution is -2.50. The zero-order valence-electron chi connectivity index (χ0n) is 19.5. The number of nitrogens with zero attached hydrogens (tertiary/aromatic N) is 2. The minimum Gasteiger partial charge on any atom is -0.378 e. The summed E-state index contributed by atoms with van der Waals surface area (Å²) in [6.45, 7) is 4.28. The molecule has 3 aromatic rings. The highest BCUT2D eigenvalue weighted by molar-refractivity contribution is 6.30. The van der Waals surface area contributed by atoms with Crippen LogP contribution in [0.25, 0.3) is 0 Å². The maximum atomic E-state index is 12.7. The van der Waals surface area contributed by atoms with Crippen LogP contribution >= 0.6 is 23.2 Å². The van der Waals surface area contributed by atoms with Crippen molar-refractivity contribution < 1.29 is 14.6 Å². The molecule has 0 spiro atoms. The van der Waals surface area contributed by atoms with Gasteiger partial charge in [0.05, 0.1) is 0 Å². The third kappa shape index (κ3) is 7.06. The summed E-state index contributed by atoms with van der Waals surface area (Å²) >= 11 is 12.1. The molecule has 1 fully saturated rings. The van der Waals surface area contributed by atoms with Crippen LogP contribution in [0.3, 0.4) is 0 Å². The molecular weight excluding hydrogens is 483 g/mol. The lowest BCUT2D eigenvalue weighted by molar-refractivity contribution is -0.142. The fourth-order valence-electron chi connectivity index (χ4n) is 4.29. The van der Waals surface area contributed by atoms with Gasteiger partial charge in [0.25, 0.3) is 5.91 Å². The summed E-state index contributed by atoms with van der Waals surface area (Å²) in [5.41, 5.74) is 2.72. The standard InChI is InChI=1S/C28H30Cl2N2O3/c29-24-11-7-22(8-12-24)27(23-9-13-25(30)14-10-23)35-20-4-15-31-16-18-32(19-17-31)28(34)26(33)21-5-2-1-3-6-21/h1-3,5-14,26-27,33H,4,15-20H2. The van der Waals surface area contributed by atoms with Gasteiger partial charge in [-0.1, -0.05) is 77.8 Å². The maximum absolute atomic E-state index is 12.7. The summed E-state index contributed by atoms with van der Waals surface area (Å²) in [6, 6.07) is 24.5. The van der Waals surface area contributed by atoms with Crippen molar-refractivity contribution in [3.05, 3.63) is 106 Å². The van der Waals surface area contributed by atoms with Crippen molar-refractivity contribution in [1.29, 1.82) is 0 Å². The Morgan fingerprint density at radius 3 is 1.89 bits per heavy atom. The third-order valence-corrected chi connectivity index (χ3v) is 6.79. The second kappa shape index (κ2) is 12.5. The molecule has 1 aliphatic heterocycles. The van der Waals surface area contributed by atoms with Crippen molar-refractivity contribution >= 4 is 29.1 Å². The van der Waals surface area contributed by atoms with Gasteiger partial charge in [0.2, 0.25) is 0 Å². The van der Waals surface area contributed by atoms with Crippen LogP contribution in [-0.2, 0) is 9.53 Å². The molecule has 5 nitrogen and oxygen atoms in total. The summed E-state index contributed by atoms with van der Waals surface area (Å²) in [4.78, 5) is 16.8. The van der Waals surface area contributed by atoms with Crippen LogP contribution in [-0.4, -0.2) is 60.1 Å². The molecule has 4 rings (SSSR count). The van der Waals surface area contributed by atoms with Gasteiger partial charge in [0.1, 0.15) is 6.10 Å². The Bertz CT molecular complexity index is 1020. The van der Waals surface area contributed by atoms with E-state index in [9.17, 15) is 9.90 Å². The molecule has 0 bridgehead atoms. The third-order valence-electron chi connectivity index (χ3n) is 6.28. The SMILES string of the molecule is O=C(C(O)c1ccccc1)N1CCN(CCCOC(c2ccc(Cl)cc2)c2ccc(Cl)cc2)CC1. The summed E-state index contributed by atoms with van der Waals surface area (Å²) in [6.07, 6.45) is -0.426. The molecule has 1 heterocycles. The molecule has 1 N–H and O–H groups in total. The molecule has 0 saturated carbocycles. The van der Waals surface area contributed by atoms with Gasteiger partial charge in [-0.15, -0.1) is 0 Å². The first-order chi connectivity index (χ1) is 17.0. The Morgan fingerprint density at radius 1 is 0.800 bits per heavy atom. The zero-order chi connectivity index (χ0) is 24.6. The number of hydrogen-bond acceptors (Lipinski definition) is 4. The number of carbonyl (C=O) groups is 1. The number of rotatable bonds is 9. The number of benzene rings is 3. The van der Waals surface area contributed by atoms with Gasteiger partial charge in [-0.3, -0.25) is 9.69 Å². The van der Waals surface area contributed by atoms with E-state index in [1.807, 2.05) is 66.7 Å². The number of piperazine rings is 1. The lowest BCUT2D eigenvalue weighted by atomic mass is 10.0. The van der Waals surface area contributed by atoms with E-state index < -0.39 is 6.10 Å². The van der Waals surface area contributed by atoms with E-state index in [0.717, 1.165) is 37.2 Å². The number of hydrogen-bond donors (Lipinski definition) is 1. The molecule has 0 aliphatic carbocycles. The molecule has 1 aliphatic rings. The second-order valence-electron chi connectivity index (χ2n) is 8.69. The monoisotopic (exact) mass is 512 g/mol. The van der Waals surface area contributed by atoms with Crippen molar-refractivity contribution in [2.24, 2.45) is 0 Å². The summed E-state index contributed by atoms with van der Waals surface area (Å²) in [5, 5.41) is 11.8. The zero-order valence-corrected chi connectivity index (χ0v) is 21.0. The molecule has 7 heteroatoms. The van der Waals surface area contributed by atoms with Gasteiger partial charge in [0.15, 0.2) is 6.10 Å². The topological polar surface area (TPSA) is 53.0 Å². The van der Waals surface area contributed by atoms with Gasteiger partial charge < -0.3 is 14.7 Å². The Hall–Kier alpha value is -2.41. The molecular formula is C28H30Cl2N2O3. The van der Waals surface area contributed by atoms with Crippen molar-refractivity contribution in [2.45, 2.75) is 18.6 Å². The average Bonchev–Trinajstić information content (AvgIpc) is 2.90. The van der Waals surface area contributed by atoms with Crippen molar-refractivity contribution in [1.82, 2.24) is 9.80 Å². The fraction of sp³-hybridized carbons (Fsp3) is 0.321. The molecule has 35 heavy (non-hydrogen) atoms. The molecule has 3 aromatic carbocycles. The number of ether oxygens (including phenoxy) is 1. The summed E-state index contributed by atoms with van der Waals surface area (Å²) in [7, 11) is 0. The van der Waals surface area contributed by atoms with Gasteiger partial charge in [-0.25, -0.2) is 0 Å². The maximum Gasteiger partial charge on any atom is 0.256 e. The van der Waals surface area contributed by atoms with Crippen molar-refractivity contribution in [3.8, 4) is 0 Å². The largest absolute Gasteiger partial charge is 0.378 e. The van der Waals surface area contributed by atoms with Crippen LogP contribution in [0, 0.1) is 0 Å². The minimum atomic E-state index is -1.10. The molecule has 0 aromatic heterocycles. The fourth-order valence-corrected chi connectivity index (χ4v) is 4.54. The van der Waals surface area contributed by atoms with E-state index in [0.29, 0.717) is 35.3 Å². The van der Waals surface area contributed by atoms with E-state index >= 15 is 0 Å². The first kappa shape index (κ1) is 25.7. The number of carbonyl (C=O) groups excluding carboxylic acids is 1. The van der Waals surface area contributed by atoms with E-state index in [1.54, 1.807) is 17.0 Å². The molecule has 1 unspecified atom stereocenters. The van der Waals surface area contributed by atoms with E-state index in [4.69, 9.17) is 27.9 Å². The van der Waals surface area contributed by atoms with Crippen LogP contribution in [0.2, 0.25) is 10.0 Å². The predicted molar refractivity (Wildman–Crippen MR) is 140 cm³/mol. The normalized spacial score (nSPS) is 15.4. The van der Waals surface area contributed by atoms with Crippen LogP contribution in [0.15, 0.2) is 78.9 Å². The number of aliphatic hydroxyl groups excluding tert-OH is 1. The molecule has 184 valence electrons. The Kier molecular flexibility index (Phi) is 9.18. The molecule has 1 atom stereocenters. The first-order valence-corrected chi connectivity index (χ1v) is 12.6. The van der Waals surface area contributed by atoms with Crippen LogP contribution in [0.4, 0.5) is 0 Å². The lowest BCUT2D eigenvalue weighted by Gasteiger charge is -2.35. The molecule has 1 saturated heterocycles. The van der Waals surface area contributed by atoms with E-state index in [-0.39, 0.29) is 12.0 Å².